The van der Waals surface area contributed by atoms with E-state index in [1.165, 1.54) is 64.7 Å². The molecule has 2 aliphatic heterocycles. The molecule has 6 heteroatoms. The molecule has 4 nitrogen and oxygen atoms in total. The van der Waals surface area contributed by atoms with E-state index < -0.39 is 0 Å². The zero-order valence-electron chi connectivity index (χ0n) is 48.9. The lowest BCUT2D eigenvalue weighted by molar-refractivity contribution is 0.590. The number of furan rings is 2. The van der Waals surface area contributed by atoms with Crippen molar-refractivity contribution in [3.8, 4) is 50.2 Å². The van der Waals surface area contributed by atoms with E-state index >= 15 is 0 Å². The van der Waals surface area contributed by atoms with E-state index in [1.807, 2.05) is 23.9 Å². The Bertz CT molecular complexity index is 5180. The maximum atomic E-state index is 6.43. The maximum Gasteiger partial charge on any atom is 0.249 e. The summed E-state index contributed by atoms with van der Waals surface area (Å²) in [5.74, 6) is 0. The third kappa shape index (κ3) is 7.92. The summed E-state index contributed by atoms with van der Waals surface area (Å²) < 4.78 is 15.3. The zero-order valence-corrected chi connectivity index (χ0v) is 49.7. The van der Waals surface area contributed by atoms with Crippen LogP contribution in [0.5, 0.6) is 0 Å². The predicted octanol–water partition coefficient (Wildman–Crippen LogP) is 20.6. The van der Waals surface area contributed by atoms with E-state index in [-0.39, 0.29) is 17.5 Å². The number of fused-ring (bicyclic) bond motifs is 13. The van der Waals surface area contributed by atoms with Gasteiger partial charge in [-0.3, -0.25) is 0 Å². The second kappa shape index (κ2) is 18.9. The van der Waals surface area contributed by atoms with Crippen LogP contribution < -0.4 is 21.3 Å². The van der Waals surface area contributed by atoms with E-state index in [4.69, 9.17) is 8.83 Å². The van der Waals surface area contributed by atoms with E-state index in [0.717, 1.165) is 106 Å². The molecule has 2 aliphatic rings. The largest absolute Gasteiger partial charge is 0.456 e. The fourth-order valence-corrected chi connectivity index (χ4v) is 15.2. The normalized spacial score (nSPS) is 13.1. The summed E-state index contributed by atoms with van der Waals surface area (Å²) in [7, 11) is 0. The van der Waals surface area contributed by atoms with Gasteiger partial charge in [0.2, 0.25) is 6.71 Å². The van der Waals surface area contributed by atoms with E-state index in [0.29, 0.717) is 0 Å². The molecule has 0 saturated heterocycles. The van der Waals surface area contributed by atoms with Gasteiger partial charge in [-0.25, -0.2) is 0 Å². The van der Waals surface area contributed by atoms with Crippen LogP contribution in [0.2, 0.25) is 0 Å². The van der Waals surface area contributed by atoms with Gasteiger partial charge in [0, 0.05) is 70.3 Å². The number of aromatic nitrogens is 1. The van der Waals surface area contributed by atoms with Gasteiger partial charge in [0.05, 0.1) is 16.7 Å². The van der Waals surface area contributed by atoms with Gasteiger partial charge < -0.3 is 18.3 Å². The van der Waals surface area contributed by atoms with Gasteiger partial charge in [0.25, 0.3) is 0 Å². The first-order chi connectivity index (χ1) is 41.9. The van der Waals surface area contributed by atoms with Crippen molar-refractivity contribution in [3.05, 3.63) is 260 Å². The summed E-state index contributed by atoms with van der Waals surface area (Å²) in [5.41, 5.74) is 26.2. The molecule has 0 fully saturated rings. The highest BCUT2D eigenvalue weighted by Gasteiger charge is 2.43. The highest BCUT2D eigenvalue weighted by molar-refractivity contribution is 8.00. The Kier molecular flexibility index (Phi) is 11.1. The molecule has 0 spiro atoms. The first-order valence-corrected chi connectivity index (χ1v) is 30.8. The third-order valence-electron chi connectivity index (χ3n) is 18.4. The topological polar surface area (TPSA) is 34.5 Å². The fourth-order valence-electron chi connectivity index (χ4n) is 14.0. The fraction of sp³-hybridized carbons (Fsp3) is 0.100. The zero-order chi connectivity index (χ0) is 57.7. The lowest BCUT2D eigenvalue weighted by Gasteiger charge is -2.42. The summed E-state index contributed by atoms with van der Waals surface area (Å²) in [6, 6.07) is 92.9. The lowest BCUT2D eigenvalue weighted by Crippen LogP contribution is -2.60. The molecule has 410 valence electrons. The molecule has 3 aromatic heterocycles. The van der Waals surface area contributed by atoms with Gasteiger partial charge in [-0.05, 0) is 151 Å². The summed E-state index contributed by atoms with van der Waals surface area (Å²) in [5, 5.41) is 7.01. The van der Waals surface area contributed by atoms with Crippen molar-refractivity contribution in [2.45, 2.75) is 62.2 Å². The molecule has 15 aromatic rings. The molecule has 0 radical (unpaired) electrons. The Morgan fingerprint density at radius 3 is 1.40 bits per heavy atom. The number of para-hydroxylation sites is 3. The molecule has 0 bridgehead atoms. The minimum atomic E-state index is -0.0915. The Hall–Kier alpha value is -9.75. The smallest absolute Gasteiger partial charge is 0.249 e. The second-order valence-electron chi connectivity index (χ2n) is 25.6. The van der Waals surface area contributed by atoms with Crippen molar-refractivity contribution < 1.29 is 8.83 Å². The second-order valence-corrected chi connectivity index (χ2v) is 26.7. The van der Waals surface area contributed by atoms with Crippen LogP contribution in [0.4, 0.5) is 17.1 Å². The molecule has 5 heterocycles. The monoisotopic (exact) mass is 1120 g/mol. The molecule has 0 atom stereocenters. The quantitative estimate of drug-likeness (QED) is 0.155. The first kappa shape index (κ1) is 50.7. The van der Waals surface area contributed by atoms with Gasteiger partial charge in [-0.1, -0.05) is 223 Å². The number of anilines is 3. The summed E-state index contributed by atoms with van der Waals surface area (Å²) in [6.07, 6.45) is 0. The van der Waals surface area contributed by atoms with Gasteiger partial charge in [-0.2, -0.15) is 0 Å². The highest BCUT2D eigenvalue weighted by Crippen LogP contribution is 2.51. The van der Waals surface area contributed by atoms with Gasteiger partial charge >= 0.3 is 0 Å². The average Bonchev–Trinajstić information content (AvgIpc) is 1.33. The Labute approximate surface area is 505 Å². The third-order valence-corrected chi connectivity index (χ3v) is 19.5. The van der Waals surface area contributed by atoms with Gasteiger partial charge in [-0.15, -0.1) is 0 Å². The van der Waals surface area contributed by atoms with Crippen LogP contribution in [0.1, 0.15) is 52.7 Å². The molecule has 0 unspecified atom stereocenters. The van der Waals surface area contributed by atoms with E-state index in [1.54, 1.807) is 0 Å². The van der Waals surface area contributed by atoms with Crippen LogP contribution in [0.15, 0.2) is 267 Å². The number of rotatable bonds is 6. The molecule has 0 N–H and O–H groups in total. The van der Waals surface area contributed by atoms with Crippen molar-refractivity contribution in [2.75, 3.05) is 4.90 Å². The first-order valence-electron chi connectivity index (χ1n) is 30.0. The highest BCUT2D eigenvalue weighted by atomic mass is 32.2. The molecular formula is C80H59BN2O2S. The van der Waals surface area contributed by atoms with Crippen LogP contribution in [-0.2, 0) is 10.8 Å². The molecule has 0 aliphatic carbocycles. The Balaban J connectivity index is 0.975. The van der Waals surface area contributed by atoms with E-state index in [9.17, 15) is 0 Å². The van der Waals surface area contributed by atoms with Crippen molar-refractivity contribution in [2.24, 2.45) is 0 Å². The van der Waals surface area contributed by atoms with Crippen molar-refractivity contribution >= 4 is 118 Å². The summed E-state index contributed by atoms with van der Waals surface area (Å²) in [4.78, 5) is 5.15. The van der Waals surface area contributed by atoms with Crippen LogP contribution in [0, 0.1) is 0 Å². The molecule has 86 heavy (non-hydrogen) atoms. The minimum absolute atomic E-state index is 0.0381. The van der Waals surface area contributed by atoms with Gasteiger partial charge in [0.1, 0.15) is 22.3 Å². The van der Waals surface area contributed by atoms with Crippen molar-refractivity contribution in [3.63, 3.8) is 0 Å². The SMILES string of the molecule is CC(C)(C)c1ccc2c(c1)c1cc(C(C)(C)C)ccc1n2-c1cc2c3c(c1)N(c1c(-c4ccccc4)cccc1-c1ccccc1)c1cc(-c4ccc5oc6ccccc6c5c4)ccc1B3c1ccc(-c3ccc4oc5ccccc5c4c3)cc1S2. The van der Waals surface area contributed by atoms with Crippen LogP contribution in [0.25, 0.3) is 116 Å². The standard InChI is InChI=1S/C80H59BN2O2S/c1-79(2,3)54-32-36-67-61(44-54)62-45-55(80(4,5)6)33-37-68(62)82(67)56-46-70-77-76(47-56)86-75-43-53(51-31-39-74-64(41-51)60-23-14-16-27-72(60)85-74)29-35-66(75)81(77)65-34-28-52(50-30-38-73-63(40-50)59-22-13-15-26-71(59)84-73)42-69(65)83(70)78-57(48-18-9-7-10-19-48)24-17-25-58(78)49-20-11-8-12-21-49/h7-47H,1-6H3. The maximum absolute atomic E-state index is 6.43. The Morgan fingerprint density at radius 2 is 0.837 bits per heavy atom. The van der Waals surface area contributed by atoms with Crippen LogP contribution in [0.3, 0.4) is 0 Å². The van der Waals surface area contributed by atoms with Crippen molar-refractivity contribution in [1.82, 2.24) is 4.57 Å². The van der Waals surface area contributed by atoms with Gasteiger partial charge in [0.15, 0.2) is 0 Å². The molecule has 0 amide bonds. The van der Waals surface area contributed by atoms with Crippen LogP contribution in [-0.4, -0.2) is 11.3 Å². The molecule has 12 aromatic carbocycles. The van der Waals surface area contributed by atoms with Crippen molar-refractivity contribution in [1.29, 1.82) is 0 Å². The number of benzene rings is 12. The number of nitrogens with zero attached hydrogens (tertiary/aromatic N) is 2. The Morgan fingerprint density at radius 1 is 0.349 bits per heavy atom. The summed E-state index contributed by atoms with van der Waals surface area (Å²) >= 11 is 1.91. The summed E-state index contributed by atoms with van der Waals surface area (Å²) in [6.45, 7) is 13.8. The average molecular weight is 1120 g/mol. The van der Waals surface area contributed by atoms with Crippen LogP contribution >= 0.6 is 11.8 Å². The lowest BCUT2D eigenvalue weighted by atomic mass is 9.34. The molecule has 17 rings (SSSR count). The number of hydrogen-bond donors (Lipinski definition) is 0. The molecular weight excluding hydrogens is 1060 g/mol. The predicted molar refractivity (Wildman–Crippen MR) is 364 cm³/mol. The van der Waals surface area contributed by atoms with E-state index in [2.05, 4.69) is 288 Å². The molecule has 0 saturated carbocycles. The minimum Gasteiger partial charge on any atom is -0.456 e. The number of hydrogen-bond acceptors (Lipinski definition) is 4.